The Bertz CT molecular complexity index is 637. The molecule has 4 heteroatoms. The summed E-state index contributed by atoms with van der Waals surface area (Å²) in [5, 5.41) is 2.95. The van der Waals surface area contributed by atoms with Crippen molar-refractivity contribution >= 4 is 5.91 Å². The van der Waals surface area contributed by atoms with Crippen LogP contribution >= 0.6 is 0 Å². The van der Waals surface area contributed by atoms with Gasteiger partial charge in [-0.2, -0.15) is 0 Å². The van der Waals surface area contributed by atoms with Crippen molar-refractivity contribution in [3.8, 4) is 0 Å². The van der Waals surface area contributed by atoms with Crippen LogP contribution in [-0.2, 0) is 17.8 Å². The zero-order chi connectivity index (χ0) is 17.3. The third-order valence-corrected chi connectivity index (χ3v) is 4.92. The monoisotopic (exact) mass is 337 g/mol. The minimum Gasteiger partial charge on any atom is -0.350 e. The first-order chi connectivity index (χ1) is 12.3. The lowest BCUT2D eigenvalue weighted by Crippen LogP contribution is -2.37. The molecule has 1 aromatic heterocycles. The lowest BCUT2D eigenvalue weighted by atomic mass is 9.90. The number of aromatic nitrogens is 1. The normalized spacial score (nSPS) is 15.8. The highest BCUT2D eigenvalue weighted by molar-refractivity contribution is 5.75. The summed E-state index contributed by atoms with van der Waals surface area (Å²) in [6.07, 6.45) is 5.95. The molecule has 0 atom stereocenters. The van der Waals surface area contributed by atoms with Crippen LogP contribution in [0.1, 0.15) is 30.5 Å². The number of pyridine rings is 1. The summed E-state index contributed by atoms with van der Waals surface area (Å²) in [6.45, 7) is 3.57. The van der Waals surface area contributed by atoms with Crippen molar-refractivity contribution in [2.45, 2.75) is 32.2 Å². The molecule has 0 radical (unpaired) electrons. The van der Waals surface area contributed by atoms with Gasteiger partial charge in [-0.1, -0.05) is 36.4 Å². The molecule has 1 aromatic carbocycles. The molecule has 1 fully saturated rings. The van der Waals surface area contributed by atoms with E-state index >= 15 is 0 Å². The molecule has 0 bridgehead atoms. The molecule has 0 aliphatic carbocycles. The fourth-order valence-electron chi connectivity index (χ4n) is 3.40. The van der Waals surface area contributed by atoms with Crippen molar-refractivity contribution in [1.29, 1.82) is 0 Å². The summed E-state index contributed by atoms with van der Waals surface area (Å²) in [4.78, 5) is 18.6. The lowest BCUT2D eigenvalue weighted by molar-refractivity contribution is -0.121. The van der Waals surface area contributed by atoms with Gasteiger partial charge in [0.15, 0.2) is 0 Å². The minimum atomic E-state index is 0.108. The van der Waals surface area contributed by atoms with Gasteiger partial charge in [-0.15, -0.1) is 0 Å². The summed E-state index contributed by atoms with van der Waals surface area (Å²) >= 11 is 0. The molecule has 1 aliphatic rings. The zero-order valence-corrected chi connectivity index (χ0v) is 14.7. The Labute approximate surface area is 150 Å². The van der Waals surface area contributed by atoms with Crippen molar-refractivity contribution in [3.63, 3.8) is 0 Å². The summed E-state index contributed by atoms with van der Waals surface area (Å²) in [5.74, 6) is 0.883. The van der Waals surface area contributed by atoms with Crippen LogP contribution in [0.4, 0.5) is 0 Å². The average Bonchev–Trinajstić information content (AvgIpc) is 2.67. The second kappa shape index (κ2) is 9.33. The van der Waals surface area contributed by atoms with Crippen LogP contribution in [0.5, 0.6) is 0 Å². The number of hydrogen-bond donors (Lipinski definition) is 1. The van der Waals surface area contributed by atoms with Gasteiger partial charge >= 0.3 is 0 Å². The van der Waals surface area contributed by atoms with E-state index in [0.717, 1.165) is 31.2 Å². The number of likely N-dealkylation sites (tertiary alicyclic amines) is 1. The fourth-order valence-corrected chi connectivity index (χ4v) is 3.40. The fraction of sp³-hybridized carbons (Fsp3) is 0.429. The van der Waals surface area contributed by atoms with E-state index in [1.54, 1.807) is 6.20 Å². The first-order valence-electron chi connectivity index (χ1n) is 9.22. The third-order valence-electron chi connectivity index (χ3n) is 4.92. The average molecular weight is 337 g/mol. The predicted molar refractivity (Wildman–Crippen MR) is 100 cm³/mol. The standard InChI is InChI=1S/C21H27N3O/c25-21(23-17-20-8-4-5-12-22-20)11-15-24-13-9-19(10-14-24)16-18-6-2-1-3-7-18/h1-8,12,19H,9-11,13-17H2,(H,23,25). The lowest BCUT2D eigenvalue weighted by Gasteiger charge is -2.31. The van der Waals surface area contributed by atoms with Gasteiger partial charge < -0.3 is 10.2 Å². The number of hydrogen-bond acceptors (Lipinski definition) is 3. The minimum absolute atomic E-state index is 0.108. The Morgan fingerprint density at radius 3 is 2.56 bits per heavy atom. The highest BCUT2D eigenvalue weighted by Crippen LogP contribution is 2.21. The topological polar surface area (TPSA) is 45.2 Å². The molecule has 2 aromatic rings. The summed E-state index contributed by atoms with van der Waals surface area (Å²) in [5.41, 5.74) is 2.34. The number of carbonyl (C=O) groups is 1. The van der Waals surface area contributed by atoms with Crippen LogP contribution in [0.3, 0.4) is 0 Å². The molecule has 3 rings (SSSR count). The molecule has 2 heterocycles. The number of benzene rings is 1. The maximum atomic E-state index is 12.0. The Kier molecular flexibility index (Phi) is 6.57. The predicted octanol–water partition coefficient (Wildman–Crippen LogP) is 3.04. The van der Waals surface area contributed by atoms with Crippen molar-refractivity contribution in [3.05, 3.63) is 66.0 Å². The van der Waals surface area contributed by atoms with E-state index in [1.807, 2.05) is 18.2 Å². The van der Waals surface area contributed by atoms with E-state index in [1.165, 1.54) is 24.8 Å². The Morgan fingerprint density at radius 2 is 1.84 bits per heavy atom. The Balaban J connectivity index is 1.31. The number of piperidine rings is 1. The second-order valence-electron chi connectivity index (χ2n) is 6.82. The maximum Gasteiger partial charge on any atom is 0.221 e. The quantitative estimate of drug-likeness (QED) is 0.845. The zero-order valence-electron chi connectivity index (χ0n) is 14.7. The van der Waals surface area contributed by atoms with Crippen LogP contribution in [0.15, 0.2) is 54.7 Å². The van der Waals surface area contributed by atoms with Gasteiger partial charge in [0.2, 0.25) is 5.91 Å². The van der Waals surface area contributed by atoms with Crippen LogP contribution in [0.2, 0.25) is 0 Å². The Morgan fingerprint density at radius 1 is 1.08 bits per heavy atom. The highest BCUT2D eigenvalue weighted by Gasteiger charge is 2.19. The second-order valence-corrected chi connectivity index (χ2v) is 6.82. The summed E-state index contributed by atoms with van der Waals surface area (Å²) in [6, 6.07) is 16.5. The van der Waals surface area contributed by atoms with Crippen LogP contribution in [0, 0.1) is 5.92 Å². The van der Waals surface area contributed by atoms with E-state index in [-0.39, 0.29) is 5.91 Å². The van der Waals surface area contributed by atoms with Crippen LogP contribution in [0.25, 0.3) is 0 Å². The van der Waals surface area contributed by atoms with Gasteiger partial charge in [-0.25, -0.2) is 0 Å². The van der Waals surface area contributed by atoms with Crippen molar-refractivity contribution in [2.75, 3.05) is 19.6 Å². The molecule has 25 heavy (non-hydrogen) atoms. The molecule has 0 saturated carbocycles. The van der Waals surface area contributed by atoms with Gasteiger partial charge in [0.1, 0.15) is 0 Å². The van der Waals surface area contributed by atoms with Crippen molar-refractivity contribution < 1.29 is 4.79 Å². The van der Waals surface area contributed by atoms with E-state index in [2.05, 4.69) is 45.5 Å². The number of amides is 1. The number of rotatable bonds is 7. The molecule has 1 N–H and O–H groups in total. The van der Waals surface area contributed by atoms with Gasteiger partial charge in [0.25, 0.3) is 0 Å². The van der Waals surface area contributed by atoms with Gasteiger partial charge in [0, 0.05) is 19.2 Å². The van der Waals surface area contributed by atoms with E-state index in [9.17, 15) is 4.79 Å². The van der Waals surface area contributed by atoms with Gasteiger partial charge in [-0.05, 0) is 56.0 Å². The Hall–Kier alpha value is -2.20. The molecule has 0 unspecified atom stereocenters. The maximum absolute atomic E-state index is 12.0. The number of carbonyl (C=O) groups excluding carboxylic acids is 1. The van der Waals surface area contributed by atoms with E-state index in [4.69, 9.17) is 0 Å². The number of nitrogens with zero attached hydrogens (tertiary/aromatic N) is 2. The highest BCUT2D eigenvalue weighted by atomic mass is 16.1. The molecule has 132 valence electrons. The van der Waals surface area contributed by atoms with Crippen molar-refractivity contribution in [1.82, 2.24) is 15.2 Å². The first-order valence-corrected chi connectivity index (χ1v) is 9.22. The molecule has 1 saturated heterocycles. The molecule has 0 spiro atoms. The molecular formula is C21H27N3O. The van der Waals surface area contributed by atoms with Crippen molar-refractivity contribution in [2.24, 2.45) is 5.92 Å². The van der Waals surface area contributed by atoms with Gasteiger partial charge in [-0.3, -0.25) is 9.78 Å². The molecule has 1 amide bonds. The summed E-state index contributed by atoms with van der Waals surface area (Å²) in [7, 11) is 0. The molecule has 1 aliphatic heterocycles. The molecular weight excluding hydrogens is 310 g/mol. The smallest absolute Gasteiger partial charge is 0.221 e. The third kappa shape index (κ3) is 5.98. The SMILES string of the molecule is O=C(CCN1CCC(Cc2ccccc2)CC1)NCc1ccccn1. The largest absolute Gasteiger partial charge is 0.350 e. The van der Waals surface area contributed by atoms with Crippen LogP contribution in [-0.4, -0.2) is 35.4 Å². The van der Waals surface area contributed by atoms with E-state index in [0.29, 0.717) is 13.0 Å². The molecule has 4 nitrogen and oxygen atoms in total. The van der Waals surface area contributed by atoms with Gasteiger partial charge in [0.05, 0.1) is 12.2 Å². The van der Waals surface area contributed by atoms with E-state index < -0.39 is 0 Å². The first kappa shape index (κ1) is 17.6. The summed E-state index contributed by atoms with van der Waals surface area (Å²) < 4.78 is 0. The van der Waals surface area contributed by atoms with Crippen LogP contribution < -0.4 is 5.32 Å². The number of nitrogens with one attached hydrogen (secondary N) is 1.